The lowest BCUT2D eigenvalue weighted by molar-refractivity contribution is 0.0784. The van der Waals surface area contributed by atoms with Crippen molar-refractivity contribution >= 4 is 21.6 Å². The van der Waals surface area contributed by atoms with Crippen LogP contribution in [0.5, 0.6) is 5.75 Å². The summed E-state index contributed by atoms with van der Waals surface area (Å²) in [7, 11) is 0.947. The molecule has 0 fully saturated rings. The number of hydrogen-bond acceptors (Lipinski definition) is 4. The zero-order valence-electron chi connectivity index (χ0n) is 18.1. The van der Waals surface area contributed by atoms with Gasteiger partial charge in [-0.25, -0.2) is 8.42 Å². The van der Waals surface area contributed by atoms with E-state index >= 15 is 0 Å². The number of nitrogens with zero attached hydrogens (tertiary/aromatic N) is 2. The second-order valence-electron chi connectivity index (χ2n) is 7.31. The fourth-order valence-corrected chi connectivity index (χ4v) is 4.46. The number of amides is 1. The van der Waals surface area contributed by atoms with Gasteiger partial charge in [-0.05, 0) is 43.3 Å². The van der Waals surface area contributed by atoms with Crippen molar-refractivity contribution in [3.05, 3.63) is 89.5 Å². The molecule has 0 aliphatic heterocycles. The molecule has 0 bridgehead atoms. The Morgan fingerprint density at radius 2 is 1.61 bits per heavy atom. The van der Waals surface area contributed by atoms with E-state index in [4.69, 9.17) is 4.74 Å². The first-order valence-electron chi connectivity index (χ1n) is 9.77. The molecule has 0 atom stereocenters. The maximum absolute atomic E-state index is 13.1. The van der Waals surface area contributed by atoms with Crippen LogP contribution in [0.15, 0.2) is 77.7 Å². The molecule has 3 rings (SSSR count). The number of anilines is 1. The summed E-state index contributed by atoms with van der Waals surface area (Å²) in [5.74, 6) is 0.416. The topological polar surface area (TPSA) is 66.9 Å². The normalized spacial score (nSPS) is 11.1. The van der Waals surface area contributed by atoms with Gasteiger partial charge in [0.2, 0.25) is 0 Å². The number of ether oxygens (including phenoxy) is 1. The summed E-state index contributed by atoms with van der Waals surface area (Å²) in [5.41, 5.74) is 2.76. The zero-order valence-corrected chi connectivity index (χ0v) is 18.9. The van der Waals surface area contributed by atoms with Gasteiger partial charge in [-0.15, -0.1) is 0 Å². The summed E-state index contributed by atoms with van der Waals surface area (Å²) in [6.45, 7) is 2.28. The summed E-state index contributed by atoms with van der Waals surface area (Å²) < 4.78 is 32.8. The average molecular weight is 439 g/mol. The minimum absolute atomic E-state index is 0.0621. The first-order chi connectivity index (χ1) is 14.7. The molecule has 31 heavy (non-hydrogen) atoms. The van der Waals surface area contributed by atoms with E-state index in [2.05, 4.69) is 0 Å². The number of rotatable bonds is 7. The van der Waals surface area contributed by atoms with E-state index in [9.17, 15) is 13.2 Å². The van der Waals surface area contributed by atoms with E-state index < -0.39 is 10.0 Å². The molecule has 0 spiro atoms. The van der Waals surface area contributed by atoms with Crippen LogP contribution in [-0.4, -0.2) is 40.4 Å². The Hall–Kier alpha value is -3.32. The lowest BCUT2D eigenvalue weighted by Gasteiger charge is -2.21. The van der Waals surface area contributed by atoms with Crippen molar-refractivity contribution in [2.75, 3.05) is 25.5 Å². The standard InChI is InChI=1S/C24H26N2O4S/c1-18-12-14-21(15-13-18)26(3)31(28,29)22-10-7-9-19(16-22)24(27)25(2)17-20-8-5-6-11-23(20)30-4/h5-16H,17H2,1-4H3. The van der Waals surface area contributed by atoms with Gasteiger partial charge in [0, 0.05) is 31.8 Å². The molecule has 0 heterocycles. The van der Waals surface area contributed by atoms with Crippen molar-refractivity contribution in [2.24, 2.45) is 0 Å². The maximum atomic E-state index is 13.1. The molecule has 0 aliphatic rings. The Kier molecular flexibility index (Phi) is 6.65. The smallest absolute Gasteiger partial charge is 0.264 e. The molecule has 3 aromatic carbocycles. The van der Waals surface area contributed by atoms with Crippen LogP contribution in [-0.2, 0) is 16.6 Å². The predicted octanol–water partition coefficient (Wildman–Crippen LogP) is 4.10. The second-order valence-corrected chi connectivity index (χ2v) is 9.28. The highest BCUT2D eigenvalue weighted by Crippen LogP contribution is 2.24. The van der Waals surface area contributed by atoms with Gasteiger partial charge in [0.05, 0.1) is 17.7 Å². The van der Waals surface area contributed by atoms with Gasteiger partial charge < -0.3 is 9.64 Å². The highest BCUT2D eigenvalue weighted by molar-refractivity contribution is 7.92. The fourth-order valence-electron chi connectivity index (χ4n) is 3.22. The molecular weight excluding hydrogens is 412 g/mol. The molecule has 1 amide bonds. The third-order valence-electron chi connectivity index (χ3n) is 5.08. The Balaban J connectivity index is 1.84. The average Bonchev–Trinajstić information content (AvgIpc) is 2.79. The quantitative estimate of drug-likeness (QED) is 0.557. The van der Waals surface area contributed by atoms with Crippen molar-refractivity contribution in [3.63, 3.8) is 0 Å². The van der Waals surface area contributed by atoms with Crippen LogP contribution in [0.3, 0.4) is 0 Å². The van der Waals surface area contributed by atoms with Crippen LogP contribution in [0.1, 0.15) is 21.5 Å². The first kappa shape index (κ1) is 22.4. The molecule has 0 aliphatic carbocycles. The largest absolute Gasteiger partial charge is 0.496 e. The van der Waals surface area contributed by atoms with Gasteiger partial charge in [0.15, 0.2) is 0 Å². The summed E-state index contributed by atoms with van der Waals surface area (Å²) in [5, 5.41) is 0. The molecule has 7 heteroatoms. The summed E-state index contributed by atoms with van der Waals surface area (Å²) in [4.78, 5) is 14.6. The van der Waals surface area contributed by atoms with Crippen molar-refractivity contribution in [3.8, 4) is 5.75 Å². The number of benzene rings is 3. The Bertz CT molecular complexity index is 1170. The highest BCUT2D eigenvalue weighted by atomic mass is 32.2. The van der Waals surface area contributed by atoms with Gasteiger partial charge in [0.25, 0.3) is 15.9 Å². The third kappa shape index (κ3) is 4.88. The molecule has 0 saturated carbocycles. The van der Waals surface area contributed by atoms with Crippen LogP contribution in [0.2, 0.25) is 0 Å². The zero-order chi connectivity index (χ0) is 22.6. The van der Waals surface area contributed by atoms with Crippen molar-refractivity contribution in [1.82, 2.24) is 4.90 Å². The molecule has 0 unspecified atom stereocenters. The number of carbonyl (C=O) groups is 1. The summed E-state index contributed by atoms with van der Waals surface area (Å²) in [6, 6.07) is 20.8. The van der Waals surface area contributed by atoms with Gasteiger partial charge in [-0.3, -0.25) is 9.10 Å². The van der Waals surface area contributed by atoms with Crippen molar-refractivity contribution in [1.29, 1.82) is 0 Å². The van der Waals surface area contributed by atoms with Crippen LogP contribution < -0.4 is 9.04 Å². The monoisotopic (exact) mass is 438 g/mol. The fraction of sp³-hybridized carbons (Fsp3) is 0.208. The van der Waals surface area contributed by atoms with Gasteiger partial charge >= 0.3 is 0 Å². The van der Waals surface area contributed by atoms with Crippen LogP contribution >= 0.6 is 0 Å². The van der Waals surface area contributed by atoms with E-state index in [1.165, 1.54) is 28.4 Å². The summed E-state index contributed by atoms with van der Waals surface area (Å²) in [6.07, 6.45) is 0. The molecule has 3 aromatic rings. The Morgan fingerprint density at radius 1 is 0.935 bits per heavy atom. The predicted molar refractivity (Wildman–Crippen MR) is 122 cm³/mol. The van der Waals surface area contributed by atoms with Crippen molar-refractivity contribution in [2.45, 2.75) is 18.4 Å². The SMILES string of the molecule is COc1ccccc1CN(C)C(=O)c1cccc(S(=O)(=O)N(C)c2ccc(C)cc2)c1. The number of carbonyl (C=O) groups excluding carboxylic acids is 1. The minimum Gasteiger partial charge on any atom is -0.496 e. The van der Waals surface area contributed by atoms with E-state index in [-0.39, 0.29) is 10.8 Å². The minimum atomic E-state index is -3.81. The van der Waals surface area contributed by atoms with Crippen LogP contribution in [0.4, 0.5) is 5.69 Å². The van der Waals surface area contributed by atoms with Crippen LogP contribution in [0.25, 0.3) is 0 Å². The van der Waals surface area contributed by atoms with E-state index in [1.807, 2.05) is 43.3 Å². The summed E-state index contributed by atoms with van der Waals surface area (Å²) >= 11 is 0. The molecule has 0 radical (unpaired) electrons. The molecular formula is C24H26N2O4S. The van der Waals surface area contributed by atoms with Gasteiger partial charge in [-0.1, -0.05) is 42.0 Å². The molecule has 162 valence electrons. The molecule has 0 saturated heterocycles. The van der Waals surface area contributed by atoms with E-state index in [0.717, 1.165) is 11.1 Å². The number of para-hydroxylation sites is 1. The van der Waals surface area contributed by atoms with E-state index in [0.29, 0.717) is 23.5 Å². The number of methoxy groups -OCH3 is 1. The number of hydrogen-bond donors (Lipinski definition) is 0. The third-order valence-corrected chi connectivity index (χ3v) is 6.87. The Labute approximate surface area is 183 Å². The van der Waals surface area contributed by atoms with Crippen molar-refractivity contribution < 1.29 is 17.9 Å². The van der Waals surface area contributed by atoms with Gasteiger partial charge in [0.1, 0.15) is 5.75 Å². The van der Waals surface area contributed by atoms with Gasteiger partial charge in [-0.2, -0.15) is 0 Å². The van der Waals surface area contributed by atoms with Crippen LogP contribution in [0, 0.1) is 6.92 Å². The van der Waals surface area contributed by atoms with E-state index in [1.54, 1.807) is 38.4 Å². The highest BCUT2D eigenvalue weighted by Gasteiger charge is 2.23. The first-order valence-corrected chi connectivity index (χ1v) is 11.2. The number of aryl methyl sites for hydroxylation is 1. The molecule has 0 aromatic heterocycles. The number of sulfonamides is 1. The Morgan fingerprint density at radius 3 is 2.29 bits per heavy atom. The molecule has 6 nitrogen and oxygen atoms in total. The lowest BCUT2D eigenvalue weighted by Crippen LogP contribution is -2.28. The lowest BCUT2D eigenvalue weighted by atomic mass is 10.1. The maximum Gasteiger partial charge on any atom is 0.264 e. The molecule has 0 N–H and O–H groups in total. The second kappa shape index (κ2) is 9.22.